The maximum absolute atomic E-state index is 13.0. The highest BCUT2D eigenvalue weighted by molar-refractivity contribution is 5.76. The minimum absolute atomic E-state index is 0.137. The molecule has 7 atom stereocenters. The van der Waals surface area contributed by atoms with Crippen LogP contribution in [-0.4, -0.2) is 87.5 Å². The first kappa shape index (κ1) is 58.9. The Bertz CT molecular complexity index is 981. The Labute approximate surface area is 382 Å². The molecule has 0 bridgehead atoms. The highest BCUT2D eigenvalue weighted by Crippen LogP contribution is 2.23. The van der Waals surface area contributed by atoms with Crippen LogP contribution in [0, 0.1) is 0 Å². The average molecular weight is 882 g/mol. The van der Waals surface area contributed by atoms with Gasteiger partial charge in [0, 0.05) is 6.42 Å². The lowest BCUT2D eigenvalue weighted by Crippen LogP contribution is -2.60. The predicted octanol–water partition coefficient (Wildman–Crippen LogP) is 12.5. The van der Waals surface area contributed by atoms with Crippen molar-refractivity contribution < 1.29 is 39.8 Å². The molecule has 1 rings (SSSR count). The zero-order valence-electron chi connectivity index (χ0n) is 40.6. The minimum atomic E-state index is -1.55. The van der Waals surface area contributed by atoms with Crippen LogP contribution in [-0.2, 0) is 14.3 Å². The first-order valence-corrected chi connectivity index (χ1v) is 26.9. The maximum Gasteiger partial charge on any atom is 0.220 e. The Balaban J connectivity index is 2.25. The van der Waals surface area contributed by atoms with Gasteiger partial charge in [0.05, 0.1) is 25.4 Å². The molecule has 0 radical (unpaired) electrons. The molecule has 7 unspecified atom stereocenters. The molecule has 62 heavy (non-hydrogen) atoms. The third-order valence-corrected chi connectivity index (χ3v) is 13.1. The van der Waals surface area contributed by atoms with Crippen LogP contribution in [0.5, 0.6) is 0 Å². The fourth-order valence-corrected chi connectivity index (χ4v) is 8.80. The summed E-state index contributed by atoms with van der Waals surface area (Å²) in [5.74, 6) is -0.148. The van der Waals surface area contributed by atoms with E-state index in [0.29, 0.717) is 12.8 Å². The molecule has 1 aliphatic rings. The van der Waals surface area contributed by atoms with Crippen LogP contribution in [0.1, 0.15) is 264 Å². The molecule has 368 valence electrons. The Hall–Kier alpha value is -1.07. The molecule has 1 saturated heterocycles. The molecule has 0 aromatic carbocycles. The number of allylic oxidation sites excluding steroid dienone is 2. The van der Waals surface area contributed by atoms with Crippen molar-refractivity contribution >= 4 is 5.91 Å². The van der Waals surface area contributed by atoms with E-state index in [4.69, 9.17) is 9.47 Å². The molecular weight excluding hydrogens is 779 g/mol. The Kier molecular flexibility index (Phi) is 41.6. The number of carbonyl (C=O) groups excluding carboxylic acids is 1. The van der Waals surface area contributed by atoms with Crippen molar-refractivity contribution in [2.75, 3.05) is 13.2 Å². The second-order valence-electron chi connectivity index (χ2n) is 19.0. The van der Waals surface area contributed by atoms with Gasteiger partial charge in [0.1, 0.15) is 24.4 Å². The summed E-state index contributed by atoms with van der Waals surface area (Å²) in [5.41, 5.74) is 0. The monoisotopic (exact) mass is 882 g/mol. The molecule has 1 heterocycles. The fraction of sp³-hybridized carbons (Fsp3) is 0.943. The summed E-state index contributed by atoms with van der Waals surface area (Å²) in [6.45, 7) is 3.86. The number of carbonyl (C=O) groups is 1. The van der Waals surface area contributed by atoms with Gasteiger partial charge in [-0.1, -0.05) is 231 Å². The molecule has 9 nitrogen and oxygen atoms in total. The summed E-state index contributed by atoms with van der Waals surface area (Å²) in [6.07, 6.45) is 45.1. The van der Waals surface area contributed by atoms with Crippen molar-refractivity contribution in [3.8, 4) is 0 Å². The largest absolute Gasteiger partial charge is 0.394 e. The molecule has 0 aromatic heterocycles. The quantitative estimate of drug-likeness (QED) is 0.0261. The topological polar surface area (TPSA) is 149 Å². The van der Waals surface area contributed by atoms with E-state index in [0.717, 1.165) is 51.4 Å². The molecule has 0 aromatic rings. The number of unbranched alkanes of at least 4 members (excludes halogenated alkanes) is 34. The number of aliphatic hydroxyl groups is 5. The van der Waals surface area contributed by atoms with Crippen molar-refractivity contribution in [3.05, 3.63) is 12.2 Å². The Morgan fingerprint density at radius 3 is 1.31 bits per heavy atom. The van der Waals surface area contributed by atoms with Crippen LogP contribution >= 0.6 is 0 Å². The summed E-state index contributed by atoms with van der Waals surface area (Å²) in [6, 6.07) is -0.720. The molecule has 1 aliphatic heterocycles. The normalized spacial score (nSPS) is 20.3. The van der Waals surface area contributed by atoms with E-state index in [9.17, 15) is 30.3 Å². The smallest absolute Gasteiger partial charge is 0.220 e. The molecule has 0 spiro atoms. The van der Waals surface area contributed by atoms with Crippen LogP contribution < -0.4 is 5.32 Å². The Morgan fingerprint density at radius 2 is 0.903 bits per heavy atom. The zero-order chi connectivity index (χ0) is 45.1. The van der Waals surface area contributed by atoms with E-state index in [1.54, 1.807) is 0 Å². The number of rotatable bonds is 46. The number of hydrogen-bond acceptors (Lipinski definition) is 8. The van der Waals surface area contributed by atoms with Gasteiger partial charge in [-0.2, -0.15) is 0 Å². The Morgan fingerprint density at radius 1 is 0.532 bits per heavy atom. The number of aliphatic hydroxyl groups excluding tert-OH is 5. The van der Waals surface area contributed by atoms with Gasteiger partial charge in [0.15, 0.2) is 6.29 Å². The minimum Gasteiger partial charge on any atom is -0.394 e. The van der Waals surface area contributed by atoms with E-state index in [2.05, 4.69) is 31.3 Å². The van der Waals surface area contributed by atoms with Crippen molar-refractivity contribution in [1.82, 2.24) is 5.32 Å². The third kappa shape index (κ3) is 33.4. The van der Waals surface area contributed by atoms with Crippen LogP contribution in [0.15, 0.2) is 12.2 Å². The van der Waals surface area contributed by atoms with Crippen molar-refractivity contribution in [3.63, 3.8) is 0 Å². The standard InChI is InChI=1S/C53H103NO8/c1-3-5-7-9-11-13-15-17-19-21-23-24-25-26-28-30-32-34-36-38-40-42-47(56)46(45-61-53-52(60)51(59)50(58)48(44-55)62-53)54-49(57)43-41-39-37-35-33-31-29-27-22-20-18-16-14-12-10-8-6-4-2/h27,29,46-48,50-53,55-56,58-60H,3-26,28,30-45H2,1-2H3,(H,54,57)/b29-27-. The van der Waals surface area contributed by atoms with Gasteiger partial charge in [0.2, 0.25) is 5.91 Å². The van der Waals surface area contributed by atoms with Gasteiger partial charge in [-0.25, -0.2) is 0 Å². The van der Waals surface area contributed by atoms with E-state index < -0.39 is 49.5 Å². The van der Waals surface area contributed by atoms with Crippen LogP contribution in [0.2, 0.25) is 0 Å². The molecule has 1 fully saturated rings. The molecular formula is C53H103NO8. The summed E-state index contributed by atoms with van der Waals surface area (Å²) in [5, 5.41) is 54.6. The molecule has 0 saturated carbocycles. The summed E-state index contributed by atoms with van der Waals surface area (Å²) < 4.78 is 11.3. The molecule has 6 N–H and O–H groups in total. The number of amides is 1. The third-order valence-electron chi connectivity index (χ3n) is 13.1. The van der Waals surface area contributed by atoms with E-state index in [1.807, 2.05) is 0 Å². The van der Waals surface area contributed by atoms with Gasteiger partial charge in [-0.3, -0.25) is 4.79 Å². The van der Waals surface area contributed by atoms with Gasteiger partial charge in [-0.05, 0) is 38.5 Å². The highest BCUT2D eigenvalue weighted by atomic mass is 16.7. The second kappa shape index (κ2) is 43.8. The molecule has 9 heteroatoms. The average Bonchev–Trinajstić information content (AvgIpc) is 3.27. The SMILES string of the molecule is CCCCCCCCCCC/C=C\CCCCCCCC(=O)NC(COC1OC(CO)C(O)C(O)C1O)C(O)CCCCCCCCCCCCCCCCCCCCCCC. The number of nitrogens with one attached hydrogen (secondary N) is 1. The first-order chi connectivity index (χ1) is 30.3. The number of ether oxygens (including phenoxy) is 2. The van der Waals surface area contributed by atoms with Crippen LogP contribution in [0.4, 0.5) is 0 Å². The predicted molar refractivity (Wildman–Crippen MR) is 258 cm³/mol. The van der Waals surface area contributed by atoms with Crippen molar-refractivity contribution in [1.29, 1.82) is 0 Å². The summed E-state index contributed by atoms with van der Waals surface area (Å²) in [7, 11) is 0. The van der Waals surface area contributed by atoms with Crippen LogP contribution in [0.25, 0.3) is 0 Å². The zero-order valence-corrected chi connectivity index (χ0v) is 40.6. The van der Waals surface area contributed by atoms with Gasteiger partial charge >= 0.3 is 0 Å². The van der Waals surface area contributed by atoms with E-state index in [1.165, 1.54) is 186 Å². The first-order valence-electron chi connectivity index (χ1n) is 26.9. The van der Waals surface area contributed by atoms with E-state index in [-0.39, 0.29) is 12.5 Å². The van der Waals surface area contributed by atoms with Gasteiger partial charge in [-0.15, -0.1) is 0 Å². The van der Waals surface area contributed by atoms with Crippen molar-refractivity contribution in [2.24, 2.45) is 0 Å². The fourth-order valence-electron chi connectivity index (χ4n) is 8.80. The molecule has 0 aliphatic carbocycles. The highest BCUT2D eigenvalue weighted by Gasteiger charge is 2.44. The van der Waals surface area contributed by atoms with E-state index >= 15 is 0 Å². The molecule has 1 amide bonds. The summed E-state index contributed by atoms with van der Waals surface area (Å²) in [4.78, 5) is 13.0. The number of hydrogen-bond donors (Lipinski definition) is 6. The lowest BCUT2D eigenvalue weighted by Gasteiger charge is -2.40. The second-order valence-corrected chi connectivity index (χ2v) is 19.0. The van der Waals surface area contributed by atoms with Gasteiger partial charge in [0.25, 0.3) is 0 Å². The lowest BCUT2D eigenvalue weighted by atomic mass is 9.99. The maximum atomic E-state index is 13.0. The lowest BCUT2D eigenvalue weighted by molar-refractivity contribution is -0.302. The van der Waals surface area contributed by atoms with Crippen LogP contribution in [0.3, 0.4) is 0 Å². The van der Waals surface area contributed by atoms with Crippen molar-refractivity contribution in [2.45, 2.75) is 307 Å². The van der Waals surface area contributed by atoms with Gasteiger partial charge < -0.3 is 40.3 Å². The summed E-state index contributed by atoms with van der Waals surface area (Å²) >= 11 is 0.